The monoisotopic (exact) mass is 301 g/mol. The van der Waals surface area contributed by atoms with E-state index in [1.54, 1.807) is 4.68 Å². The van der Waals surface area contributed by atoms with E-state index in [9.17, 15) is 4.79 Å². The molecule has 3 rings (SSSR count). The summed E-state index contributed by atoms with van der Waals surface area (Å²) in [6.07, 6.45) is 5.97. The van der Waals surface area contributed by atoms with Crippen LogP contribution in [0.5, 0.6) is 0 Å². The van der Waals surface area contributed by atoms with Crippen LogP contribution in [0.1, 0.15) is 40.2 Å². The second-order valence-corrected chi connectivity index (χ2v) is 6.20. The number of likely N-dealkylation sites (tertiary alicyclic amines) is 1. The number of nitrogens with zero attached hydrogens (tertiary/aromatic N) is 5. The van der Waals surface area contributed by atoms with E-state index in [2.05, 4.69) is 10.2 Å². The molecule has 0 saturated carbocycles. The molecule has 6 nitrogen and oxygen atoms in total. The van der Waals surface area contributed by atoms with Crippen LogP contribution >= 0.6 is 0 Å². The molecule has 3 heterocycles. The van der Waals surface area contributed by atoms with Crippen molar-refractivity contribution < 1.29 is 4.79 Å². The Balaban J connectivity index is 1.82. The molecule has 1 amide bonds. The molecule has 0 aromatic carbocycles. The normalized spacial score (nSPS) is 18.2. The first-order valence-electron chi connectivity index (χ1n) is 7.77. The molecule has 22 heavy (non-hydrogen) atoms. The van der Waals surface area contributed by atoms with Crippen molar-refractivity contribution >= 4 is 5.91 Å². The van der Waals surface area contributed by atoms with E-state index in [0.717, 1.165) is 48.4 Å². The van der Waals surface area contributed by atoms with Crippen molar-refractivity contribution in [2.45, 2.75) is 46.2 Å². The molecule has 0 unspecified atom stereocenters. The fraction of sp³-hybridized carbons (Fsp3) is 0.562. The smallest absolute Gasteiger partial charge is 0.257 e. The van der Waals surface area contributed by atoms with Crippen LogP contribution in [0.15, 0.2) is 12.4 Å². The zero-order valence-corrected chi connectivity index (χ0v) is 13.7. The molecule has 6 heteroatoms. The summed E-state index contributed by atoms with van der Waals surface area (Å²) in [5.41, 5.74) is 3.65. The summed E-state index contributed by atoms with van der Waals surface area (Å²) >= 11 is 0. The first-order valence-corrected chi connectivity index (χ1v) is 7.77. The highest BCUT2D eigenvalue weighted by atomic mass is 16.2. The van der Waals surface area contributed by atoms with Gasteiger partial charge in [-0.3, -0.25) is 14.2 Å². The largest absolute Gasteiger partial charge is 0.334 e. The lowest BCUT2D eigenvalue weighted by Crippen LogP contribution is -2.38. The minimum Gasteiger partial charge on any atom is -0.334 e. The maximum Gasteiger partial charge on any atom is 0.257 e. The lowest BCUT2D eigenvalue weighted by atomic mass is 10.1. The summed E-state index contributed by atoms with van der Waals surface area (Å²) < 4.78 is 3.72. The van der Waals surface area contributed by atoms with Gasteiger partial charge in [0.15, 0.2) is 0 Å². The van der Waals surface area contributed by atoms with Gasteiger partial charge in [-0.2, -0.15) is 10.2 Å². The third-order valence-electron chi connectivity index (χ3n) is 4.52. The Kier molecular flexibility index (Phi) is 3.76. The fourth-order valence-corrected chi connectivity index (χ4v) is 3.30. The topological polar surface area (TPSA) is 56.0 Å². The van der Waals surface area contributed by atoms with Crippen LogP contribution in [0.4, 0.5) is 0 Å². The molecule has 0 spiro atoms. The number of carbonyl (C=O) groups excluding carboxylic acids is 1. The van der Waals surface area contributed by atoms with Crippen LogP contribution in [-0.4, -0.2) is 43.0 Å². The van der Waals surface area contributed by atoms with E-state index in [4.69, 9.17) is 0 Å². The predicted molar refractivity (Wildman–Crippen MR) is 83.7 cm³/mol. The Morgan fingerprint density at radius 3 is 2.73 bits per heavy atom. The van der Waals surface area contributed by atoms with Gasteiger partial charge < -0.3 is 4.90 Å². The quantitative estimate of drug-likeness (QED) is 0.869. The van der Waals surface area contributed by atoms with Gasteiger partial charge in [0.1, 0.15) is 0 Å². The van der Waals surface area contributed by atoms with Crippen LogP contribution in [0.2, 0.25) is 0 Å². The Labute approximate surface area is 130 Å². The number of hydrogen-bond donors (Lipinski definition) is 0. The van der Waals surface area contributed by atoms with E-state index in [1.807, 2.05) is 49.8 Å². The Morgan fingerprint density at radius 1 is 1.36 bits per heavy atom. The maximum absolute atomic E-state index is 13.0. The molecule has 0 N–H and O–H groups in total. The van der Waals surface area contributed by atoms with Crippen LogP contribution in [0, 0.1) is 20.8 Å². The van der Waals surface area contributed by atoms with E-state index in [-0.39, 0.29) is 11.9 Å². The number of carbonyl (C=O) groups is 1. The van der Waals surface area contributed by atoms with Gasteiger partial charge in [-0.1, -0.05) is 0 Å². The van der Waals surface area contributed by atoms with E-state index >= 15 is 0 Å². The summed E-state index contributed by atoms with van der Waals surface area (Å²) in [7, 11) is 1.88. The SMILES string of the molecule is Cc1cnn(C[C@H]2CCCN2C(=O)c2c(C)nn(C)c2C)c1. The maximum atomic E-state index is 13.0. The summed E-state index contributed by atoms with van der Waals surface area (Å²) in [6, 6.07) is 0.214. The predicted octanol–water partition coefficient (Wildman–Crippen LogP) is 1.85. The first-order chi connectivity index (χ1) is 10.5. The summed E-state index contributed by atoms with van der Waals surface area (Å²) in [6.45, 7) is 7.47. The molecule has 2 aromatic heterocycles. The molecule has 1 aliphatic rings. The van der Waals surface area contributed by atoms with Gasteiger partial charge in [0.2, 0.25) is 0 Å². The highest BCUT2D eigenvalue weighted by Crippen LogP contribution is 2.24. The molecule has 1 atom stereocenters. The van der Waals surface area contributed by atoms with Crippen LogP contribution in [-0.2, 0) is 13.6 Å². The second-order valence-electron chi connectivity index (χ2n) is 6.20. The molecule has 1 aliphatic heterocycles. The zero-order chi connectivity index (χ0) is 15.9. The molecule has 0 bridgehead atoms. The van der Waals surface area contributed by atoms with E-state index in [1.165, 1.54) is 0 Å². The summed E-state index contributed by atoms with van der Waals surface area (Å²) in [4.78, 5) is 14.9. The van der Waals surface area contributed by atoms with Crippen molar-refractivity contribution in [3.8, 4) is 0 Å². The van der Waals surface area contributed by atoms with E-state index < -0.39 is 0 Å². The molecular formula is C16H23N5O. The molecule has 118 valence electrons. The molecule has 1 fully saturated rings. The molecule has 0 aliphatic carbocycles. The Morgan fingerprint density at radius 2 is 2.14 bits per heavy atom. The number of aryl methyl sites for hydroxylation is 3. The van der Waals surface area contributed by atoms with Crippen molar-refractivity contribution in [3.63, 3.8) is 0 Å². The highest BCUT2D eigenvalue weighted by Gasteiger charge is 2.32. The Hall–Kier alpha value is -2.11. The molecule has 2 aromatic rings. The average molecular weight is 301 g/mol. The number of amides is 1. The van der Waals surface area contributed by atoms with Crippen molar-refractivity contribution in [1.82, 2.24) is 24.5 Å². The van der Waals surface area contributed by atoms with Crippen molar-refractivity contribution in [2.24, 2.45) is 7.05 Å². The van der Waals surface area contributed by atoms with Crippen molar-refractivity contribution in [2.75, 3.05) is 6.54 Å². The van der Waals surface area contributed by atoms with Gasteiger partial charge in [-0.15, -0.1) is 0 Å². The molecule has 1 saturated heterocycles. The van der Waals surface area contributed by atoms with Crippen LogP contribution in [0.25, 0.3) is 0 Å². The van der Waals surface area contributed by atoms with Gasteiger partial charge in [-0.05, 0) is 39.2 Å². The molecular weight excluding hydrogens is 278 g/mol. The third-order valence-corrected chi connectivity index (χ3v) is 4.52. The van der Waals surface area contributed by atoms with Crippen molar-refractivity contribution in [3.05, 3.63) is 34.9 Å². The second kappa shape index (κ2) is 5.59. The number of hydrogen-bond acceptors (Lipinski definition) is 3. The lowest BCUT2D eigenvalue weighted by Gasteiger charge is -2.25. The van der Waals surface area contributed by atoms with Crippen LogP contribution in [0.3, 0.4) is 0 Å². The Bertz CT molecular complexity index is 699. The third kappa shape index (κ3) is 2.53. The minimum atomic E-state index is 0.106. The average Bonchev–Trinajstić information content (AvgIpc) is 3.13. The summed E-state index contributed by atoms with van der Waals surface area (Å²) in [5.74, 6) is 0.106. The number of aromatic nitrogens is 4. The van der Waals surface area contributed by atoms with Crippen LogP contribution < -0.4 is 0 Å². The van der Waals surface area contributed by atoms with Gasteiger partial charge in [-0.25, -0.2) is 0 Å². The number of rotatable bonds is 3. The van der Waals surface area contributed by atoms with Gasteiger partial charge in [0.05, 0.1) is 30.0 Å². The summed E-state index contributed by atoms with van der Waals surface area (Å²) in [5, 5.41) is 8.71. The minimum absolute atomic E-state index is 0.106. The molecule has 0 radical (unpaired) electrons. The standard InChI is InChI=1S/C16H23N5O/c1-11-8-17-20(9-11)10-14-6-5-7-21(14)16(22)15-12(2)18-19(4)13(15)3/h8-9,14H,5-7,10H2,1-4H3/t14-/m1/s1. The van der Waals surface area contributed by atoms with E-state index in [0.29, 0.717) is 0 Å². The first kappa shape index (κ1) is 14.8. The zero-order valence-electron chi connectivity index (χ0n) is 13.7. The van der Waals surface area contributed by atoms with Gasteiger partial charge >= 0.3 is 0 Å². The lowest BCUT2D eigenvalue weighted by molar-refractivity contribution is 0.0720. The van der Waals surface area contributed by atoms with Crippen molar-refractivity contribution in [1.29, 1.82) is 0 Å². The highest BCUT2D eigenvalue weighted by molar-refractivity contribution is 5.96. The fourth-order valence-electron chi connectivity index (χ4n) is 3.30. The van der Waals surface area contributed by atoms with Gasteiger partial charge in [0, 0.05) is 25.5 Å². The van der Waals surface area contributed by atoms with Gasteiger partial charge in [0.25, 0.3) is 5.91 Å².